The van der Waals surface area contributed by atoms with Crippen molar-refractivity contribution in [1.29, 1.82) is 0 Å². The van der Waals surface area contributed by atoms with Crippen LogP contribution in [0.2, 0.25) is 0 Å². The molecule has 1 aliphatic rings. The van der Waals surface area contributed by atoms with Crippen LogP contribution in [-0.2, 0) is 0 Å². The standard InChI is InChI=1S/C14H19BrO/c1-10(2)16-13-7-5-12(6-8-13)14(15)9-11-3-4-11/h5-8,10-11,14H,3-4,9H2,1-2H3. The summed E-state index contributed by atoms with van der Waals surface area (Å²) in [5, 5.41) is 0. The van der Waals surface area contributed by atoms with Crippen molar-refractivity contribution in [2.75, 3.05) is 0 Å². The lowest BCUT2D eigenvalue weighted by atomic mass is 10.1. The fourth-order valence-corrected chi connectivity index (χ4v) is 2.64. The Hall–Kier alpha value is -0.500. The van der Waals surface area contributed by atoms with E-state index in [9.17, 15) is 0 Å². The molecule has 1 nitrogen and oxygen atoms in total. The van der Waals surface area contributed by atoms with Crippen LogP contribution in [0.4, 0.5) is 0 Å². The summed E-state index contributed by atoms with van der Waals surface area (Å²) in [6.07, 6.45) is 4.34. The number of benzene rings is 1. The number of halogens is 1. The van der Waals surface area contributed by atoms with Crippen molar-refractivity contribution in [2.45, 2.75) is 44.0 Å². The Balaban J connectivity index is 1.94. The molecule has 1 aromatic carbocycles. The van der Waals surface area contributed by atoms with E-state index < -0.39 is 0 Å². The molecule has 0 N–H and O–H groups in total. The maximum Gasteiger partial charge on any atom is 0.119 e. The molecule has 1 unspecified atom stereocenters. The van der Waals surface area contributed by atoms with Crippen LogP contribution in [0.3, 0.4) is 0 Å². The first-order chi connectivity index (χ1) is 7.65. The Morgan fingerprint density at radius 1 is 1.25 bits per heavy atom. The minimum absolute atomic E-state index is 0.247. The Bertz CT molecular complexity index is 327. The highest BCUT2D eigenvalue weighted by atomic mass is 79.9. The second-order valence-electron chi connectivity index (χ2n) is 4.88. The molecular formula is C14H19BrO. The molecule has 16 heavy (non-hydrogen) atoms. The predicted octanol–water partition coefficient (Wildman–Crippen LogP) is 4.71. The fourth-order valence-electron chi connectivity index (χ4n) is 1.81. The first kappa shape index (κ1) is 12.0. The molecule has 1 atom stereocenters. The van der Waals surface area contributed by atoms with Crippen molar-refractivity contribution in [1.82, 2.24) is 0 Å². The van der Waals surface area contributed by atoms with Crippen LogP contribution in [0.5, 0.6) is 5.75 Å². The summed E-state index contributed by atoms with van der Waals surface area (Å²) in [4.78, 5) is 0.507. The van der Waals surface area contributed by atoms with E-state index >= 15 is 0 Å². The zero-order valence-electron chi connectivity index (χ0n) is 9.95. The lowest BCUT2D eigenvalue weighted by molar-refractivity contribution is 0.242. The highest BCUT2D eigenvalue weighted by Gasteiger charge is 2.24. The Morgan fingerprint density at radius 3 is 2.38 bits per heavy atom. The normalized spacial score (nSPS) is 17.5. The largest absolute Gasteiger partial charge is 0.491 e. The first-order valence-electron chi connectivity index (χ1n) is 6.06. The van der Waals surface area contributed by atoms with Crippen molar-refractivity contribution in [3.63, 3.8) is 0 Å². The topological polar surface area (TPSA) is 9.23 Å². The second-order valence-corrected chi connectivity index (χ2v) is 5.99. The fraction of sp³-hybridized carbons (Fsp3) is 0.571. The minimum Gasteiger partial charge on any atom is -0.491 e. The van der Waals surface area contributed by atoms with Crippen LogP contribution in [0.25, 0.3) is 0 Å². The molecule has 1 aliphatic carbocycles. The molecule has 0 aromatic heterocycles. The minimum atomic E-state index is 0.247. The van der Waals surface area contributed by atoms with Gasteiger partial charge in [0.2, 0.25) is 0 Å². The number of hydrogen-bond acceptors (Lipinski definition) is 1. The number of ether oxygens (including phenoxy) is 1. The van der Waals surface area contributed by atoms with Gasteiger partial charge in [0.1, 0.15) is 5.75 Å². The van der Waals surface area contributed by atoms with E-state index in [1.54, 1.807) is 0 Å². The maximum atomic E-state index is 5.63. The molecule has 0 saturated heterocycles. The summed E-state index contributed by atoms with van der Waals surface area (Å²) in [5.74, 6) is 1.92. The third-order valence-corrected chi connectivity index (χ3v) is 3.75. The van der Waals surface area contributed by atoms with Crippen molar-refractivity contribution in [2.24, 2.45) is 5.92 Å². The Morgan fingerprint density at radius 2 is 1.88 bits per heavy atom. The monoisotopic (exact) mass is 282 g/mol. The third-order valence-electron chi connectivity index (χ3n) is 2.85. The highest BCUT2D eigenvalue weighted by Crippen LogP contribution is 2.41. The van der Waals surface area contributed by atoms with Crippen molar-refractivity contribution < 1.29 is 4.74 Å². The van der Waals surface area contributed by atoms with Gasteiger partial charge < -0.3 is 4.74 Å². The van der Waals surface area contributed by atoms with Gasteiger partial charge >= 0.3 is 0 Å². The van der Waals surface area contributed by atoms with Crippen LogP contribution in [0.15, 0.2) is 24.3 Å². The maximum absolute atomic E-state index is 5.63. The number of rotatable bonds is 5. The molecule has 0 spiro atoms. The predicted molar refractivity (Wildman–Crippen MR) is 71.2 cm³/mol. The smallest absolute Gasteiger partial charge is 0.119 e. The molecule has 1 fully saturated rings. The molecule has 1 saturated carbocycles. The molecule has 0 heterocycles. The molecule has 88 valence electrons. The molecule has 1 aromatic rings. The average Bonchev–Trinajstić information content (AvgIpc) is 3.01. The lowest BCUT2D eigenvalue weighted by Crippen LogP contribution is -2.05. The van der Waals surface area contributed by atoms with E-state index in [4.69, 9.17) is 4.74 Å². The second kappa shape index (κ2) is 5.22. The first-order valence-corrected chi connectivity index (χ1v) is 6.97. The van der Waals surface area contributed by atoms with Crippen LogP contribution in [0.1, 0.15) is 43.5 Å². The Labute approximate surface area is 106 Å². The summed E-state index contributed by atoms with van der Waals surface area (Å²) < 4.78 is 5.63. The molecular weight excluding hydrogens is 264 g/mol. The number of alkyl halides is 1. The molecule has 0 bridgehead atoms. The van der Waals surface area contributed by atoms with E-state index in [2.05, 4.69) is 40.2 Å². The summed E-state index contributed by atoms with van der Waals surface area (Å²) in [5.41, 5.74) is 1.36. The van der Waals surface area contributed by atoms with Crippen LogP contribution >= 0.6 is 15.9 Å². The van der Waals surface area contributed by atoms with Gasteiger partial charge in [-0.2, -0.15) is 0 Å². The van der Waals surface area contributed by atoms with E-state index in [-0.39, 0.29) is 6.10 Å². The molecule has 2 rings (SSSR count). The molecule has 0 radical (unpaired) electrons. The van der Waals surface area contributed by atoms with E-state index in [1.165, 1.54) is 24.8 Å². The van der Waals surface area contributed by atoms with Crippen molar-refractivity contribution in [3.8, 4) is 5.75 Å². The van der Waals surface area contributed by atoms with E-state index in [1.807, 2.05) is 13.8 Å². The van der Waals surface area contributed by atoms with Crippen molar-refractivity contribution in [3.05, 3.63) is 29.8 Å². The van der Waals surface area contributed by atoms with Crippen molar-refractivity contribution >= 4 is 15.9 Å². The summed E-state index contributed by atoms with van der Waals surface area (Å²) in [7, 11) is 0. The van der Waals surface area contributed by atoms with Gasteiger partial charge in [0, 0.05) is 4.83 Å². The van der Waals surface area contributed by atoms with E-state index in [0.717, 1.165) is 11.7 Å². The van der Waals surface area contributed by atoms with Gasteiger partial charge in [0.05, 0.1) is 6.10 Å². The van der Waals surface area contributed by atoms with Crippen LogP contribution in [-0.4, -0.2) is 6.10 Å². The third kappa shape index (κ3) is 3.51. The van der Waals surface area contributed by atoms with Gasteiger partial charge in [0.15, 0.2) is 0 Å². The molecule has 2 heteroatoms. The average molecular weight is 283 g/mol. The zero-order valence-corrected chi connectivity index (χ0v) is 11.5. The summed E-state index contributed by atoms with van der Waals surface area (Å²) >= 11 is 3.76. The molecule has 0 amide bonds. The van der Waals surface area contributed by atoms with Gasteiger partial charge in [0.25, 0.3) is 0 Å². The number of hydrogen-bond donors (Lipinski definition) is 0. The summed E-state index contributed by atoms with van der Waals surface area (Å²) in [6.45, 7) is 4.10. The van der Waals surface area contributed by atoms with Gasteiger partial charge in [-0.15, -0.1) is 0 Å². The highest BCUT2D eigenvalue weighted by molar-refractivity contribution is 9.09. The lowest BCUT2D eigenvalue weighted by Gasteiger charge is -2.12. The zero-order chi connectivity index (χ0) is 11.5. The van der Waals surface area contributed by atoms with Gasteiger partial charge in [-0.1, -0.05) is 40.9 Å². The molecule has 0 aliphatic heterocycles. The summed E-state index contributed by atoms with van der Waals surface area (Å²) in [6, 6.07) is 8.46. The quantitative estimate of drug-likeness (QED) is 0.711. The van der Waals surface area contributed by atoms with E-state index in [0.29, 0.717) is 4.83 Å². The van der Waals surface area contributed by atoms with Gasteiger partial charge in [-0.25, -0.2) is 0 Å². The van der Waals surface area contributed by atoms with Crippen LogP contribution in [0, 0.1) is 5.92 Å². The van der Waals surface area contributed by atoms with Crippen LogP contribution < -0.4 is 4.74 Å². The van der Waals surface area contributed by atoms with Gasteiger partial charge in [-0.05, 0) is 43.9 Å². The Kier molecular flexibility index (Phi) is 3.91. The SMILES string of the molecule is CC(C)Oc1ccc(C(Br)CC2CC2)cc1. The van der Waals surface area contributed by atoms with Gasteiger partial charge in [-0.3, -0.25) is 0 Å².